The molecule has 9 nitrogen and oxygen atoms in total. The summed E-state index contributed by atoms with van der Waals surface area (Å²) in [6, 6.07) is 19.8. The topological polar surface area (TPSA) is 112 Å². The maximum Gasteiger partial charge on any atom is 0.411 e. The molecule has 0 spiro atoms. The molecule has 2 aliphatic rings. The van der Waals surface area contributed by atoms with E-state index in [0.29, 0.717) is 6.04 Å². The summed E-state index contributed by atoms with van der Waals surface area (Å²) in [6.07, 6.45) is 7.49. The van der Waals surface area contributed by atoms with Crippen LogP contribution in [0.4, 0.5) is 4.79 Å². The van der Waals surface area contributed by atoms with Gasteiger partial charge in [-0.2, -0.15) is 0 Å². The highest BCUT2D eigenvalue weighted by Gasteiger charge is 2.39. The first-order valence-electron chi connectivity index (χ1n) is 16.0. The quantitative estimate of drug-likeness (QED) is 0.188. The van der Waals surface area contributed by atoms with Gasteiger partial charge in [-0.05, 0) is 95.2 Å². The summed E-state index contributed by atoms with van der Waals surface area (Å²) in [6.45, 7) is 9.97. The first-order chi connectivity index (χ1) is 21.6. The van der Waals surface area contributed by atoms with Gasteiger partial charge in [0.15, 0.2) is 0 Å². The molecule has 2 fully saturated rings. The molecule has 0 radical (unpaired) electrons. The van der Waals surface area contributed by atoms with Crippen molar-refractivity contribution in [2.75, 3.05) is 0 Å². The monoisotopic (exact) mass is 603 g/mol. The van der Waals surface area contributed by atoms with E-state index >= 15 is 0 Å². The Morgan fingerprint density at radius 1 is 0.822 bits per heavy atom. The second-order valence-electron chi connectivity index (χ2n) is 13.6. The van der Waals surface area contributed by atoms with E-state index in [1.54, 1.807) is 0 Å². The Morgan fingerprint density at radius 2 is 1.53 bits per heavy atom. The fraction of sp³-hybridized carbons (Fsp3) is 0.389. The molecule has 5 aromatic rings. The Hall–Kier alpha value is -4.50. The van der Waals surface area contributed by atoms with Crippen molar-refractivity contribution in [2.24, 2.45) is 0 Å². The number of H-pyrrole nitrogens is 2. The predicted molar refractivity (Wildman–Crippen MR) is 176 cm³/mol. The Kier molecular flexibility index (Phi) is 7.44. The van der Waals surface area contributed by atoms with E-state index in [-0.39, 0.29) is 24.2 Å². The van der Waals surface area contributed by atoms with E-state index in [9.17, 15) is 4.79 Å². The number of likely N-dealkylation sites (tertiary alicyclic amines) is 1. The van der Waals surface area contributed by atoms with Crippen LogP contribution in [0.3, 0.4) is 0 Å². The van der Waals surface area contributed by atoms with Crippen LogP contribution in [0.15, 0.2) is 67.0 Å². The van der Waals surface area contributed by atoms with E-state index in [2.05, 4.69) is 93.7 Å². The molecule has 2 saturated heterocycles. The van der Waals surface area contributed by atoms with Crippen molar-refractivity contribution in [3.05, 3.63) is 78.6 Å². The van der Waals surface area contributed by atoms with Crippen LogP contribution in [0.2, 0.25) is 0 Å². The van der Waals surface area contributed by atoms with Gasteiger partial charge < -0.3 is 20.0 Å². The summed E-state index contributed by atoms with van der Waals surface area (Å²) < 4.78 is 5.70. The number of ether oxygens (including phenoxy) is 1. The first kappa shape index (κ1) is 29.2. The molecule has 3 N–H and O–H groups in total. The number of rotatable bonds is 5. The predicted octanol–water partition coefficient (Wildman–Crippen LogP) is 7.96. The number of imidazole rings is 2. The number of hydrogen-bond donors (Lipinski definition) is 3. The fourth-order valence-electron chi connectivity index (χ4n) is 6.61. The van der Waals surface area contributed by atoms with Crippen molar-refractivity contribution in [3.63, 3.8) is 0 Å². The summed E-state index contributed by atoms with van der Waals surface area (Å²) >= 11 is 0. The SMILES string of the molecule is C[C@H]1CC[C@@H](c2ncc(-c3ccc4cc(-c5ccc(-c6cnc([C@@H]7CC[C@H](C)N7C(=O)OC(C)(C)C)[nH]6)cc5)ccc4n3)[nH]2)N1. The summed E-state index contributed by atoms with van der Waals surface area (Å²) in [7, 11) is 0. The third-order valence-corrected chi connectivity index (χ3v) is 8.98. The molecule has 0 unspecified atom stereocenters. The zero-order chi connectivity index (χ0) is 31.3. The second kappa shape index (κ2) is 11.5. The lowest BCUT2D eigenvalue weighted by Gasteiger charge is -2.30. The highest BCUT2D eigenvalue weighted by molar-refractivity contribution is 5.86. The summed E-state index contributed by atoms with van der Waals surface area (Å²) in [4.78, 5) is 36.0. The van der Waals surface area contributed by atoms with E-state index in [0.717, 1.165) is 75.6 Å². The minimum atomic E-state index is -0.541. The number of nitrogens with one attached hydrogen (secondary N) is 3. The Labute approximate surface area is 263 Å². The van der Waals surface area contributed by atoms with E-state index < -0.39 is 5.60 Å². The molecular weight excluding hydrogens is 562 g/mol. The van der Waals surface area contributed by atoms with Gasteiger partial charge in [0.25, 0.3) is 0 Å². The Bertz CT molecular complexity index is 1830. The number of fused-ring (bicyclic) bond motifs is 1. The number of amides is 1. The van der Waals surface area contributed by atoms with E-state index in [1.807, 2.05) is 38.1 Å². The molecule has 0 aliphatic carbocycles. The number of nitrogens with zero attached hydrogens (tertiary/aromatic N) is 4. The van der Waals surface area contributed by atoms with Gasteiger partial charge in [-0.1, -0.05) is 36.4 Å². The zero-order valence-corrected chi connectivity index (χ0v) is 26.6. The number of aromatic amines is 2. The molecule has 0 saturated carbocycles. The lowest BCUT2D eigenvalue weighted by molar-refractivity contribution is 0.0151. The van der Waals surface area contributed by atoms with Crippen molar-refractivity contribution in [3.8, 4) is 33.8 Å². The van der Waals surface area contributed by atoms with Crippen LogP contribution in [-0.4, -0.2) is 53.6 Å². The van der Waals surface area contributed by atoms with Gasteiger partial charge in [-0.15, -0.1) is 0 Å². The maximum absolute atomic E-state index is 13.0. The normalized spacial score (nSPS) is 21.9. The first-order valence-corrected chi connectivity index (χ1v) is 16.0. The molecule has 3 aromatic heterocycles. The summed E-state index contributed by atoms with van der Waals surface area (Å²) in [5.74, 6) is 1.78. The lowest BCUT2D eigenvalue weighted by atomic mass is 10.0. The lowest BCUT2D eigenvalue weighted by Crippen LogP contribution is -2.40. The van der Waals surface area contributed by atoms with Crippen molar-refractivity contribution < 1.29 is 9.53 Å². The Morgan fingerprint density at radius 3 is 2.29 bits per heavy atom. The molecule has 2 aromatic carbocycles. The van der Waals surface area contributed by atoms with Gasteiger partial charge in [0.2, 0.25) is 0 Å². The fourth-order valence-corrected chi connectivity index (χ4v) is 6.61. The number of pyridine rings is 1. The summed E-state index contributed by atoms with van der Waals surface area (Å²) in [5.41, 5.74) is 6.47. The second-order valence-corrected chi connectivity index (χ2v) is 13.6. The average Bonchev–Trinajstić information content (AvgIpc) is 3.83. The van der Waals surface area contributed by atoms with Crippen molar-refractivity contribution in [2.45, 2.75) is 90.1 Å². The Balaban J connectivity index is 1.06. The summed E-state index contributed by atoms with van der Waals surface area (Å²) in [5, 5.41) is 4.68. The van der Waals surface area contributed by atoms with Crippen LogP contribution < -0.4 is 5.32 Å². The van der Waals surface area contributed by atoms with Gasteiger partial charge >= 0.3 is 6.09 Å². The maximum atomic E-state index is 13.0. The highest BCUT2D eigenvalue weighted by Crippen LogP contribution is 2.37. The number of benzene rings is 2. The van der Waals surface area contributed by atoms with E-state index in [1.165, 1.54) is 6.42 Å². The molecule has 232 valence electrons. The van der Waals surface area contributed by atoms with E-state index in [4.69, 9.17) is 9.72 Å². The number of carbonyl (C=O) groups is 1. The molecule has 0 bridgehead atoms. The molecule has 45 heavy (non-hydrogen) atoms. The minimum absolute atomic E-state index is 0.0999. The van der Waals surface area contributed by atoms with Crippen LogP contribution >= 0.6 is 0 Å². The van der Waals surface area contributed by atoms with Crippen molar-refractivity contribution in [1.82, 2.24) is 35.1 Å². The number of carbonyl (C=O) groups excluding carboxylic acids is 1. The van der Waals surface area contributed by atoms with Crippen LogP contribution in [-0.2, 0) is 4.74 Å². The standard InChI is InChI=1S/C36H41N7O2/c1-21-6-14-29(39-21)33-37-20-31(42-33)28-16-13-26-18-25(12-15-27(26)40-28)23-8-10-24(11-9-23)30-19-38-34(41-30)32-17-7-22(2)43(32)35(44)45-36(3,4)5/h8-13,15-16,18-22,29,32,39H,6-7,14,17H2,1-5H3,(H,37,42)(H,38,41)/t21-,22-,29-,32-/m0/s1. The molecule has 5 heterocycles. The molecule has 7 rings (SSSR count). The smallest absolute Gasteiger partial charge is 0.411 e. The third-order valence-electron chi connectivity index (χ3n) is 8.98. The number of hydrogen-bond acceptors (Lipinski definition) is 6. The zero-order valence-electron chi connectivity index (χ0n) is 26.6. The van der Waals surface area contributed by atoms with Gasteiger partial charge in [-0.3, -0.25) is 4.90 Å². The largest absolute Gasteiger partial charge is 0.444 e. The van der Waals surface area contributed by atoms with Crippen LogP contribution in [0, 0.1) is 0 Å². The average molecular weight is 604 g/mol. The molecule has 4 atom stereocenters. The van der Waals surface area contributed by atoms with Crippen LogP contribution in [0.5, 0.6) is 0 Å². The number of aromatic nitrogens is 5. The van der Waals surface area contributed by atoms with Crippen LogP contribution in [0.1, 0.15) is 84.0 Å². The molecule has 1 amide bonds. The van der Waals surface area contributed by atoms with Crippen LogP contribution in [0.25, 0.3) is 44.7 Å². The molecule has 2 aliphatic heterocycles. The minimum Gasteiger partial charge on any atom is -0.444 e. The van der Waals surface area contributed by atoms with Gasteiger partial charge in [0, 0.05) is 17.5 Å². The van der Waals surface area contributed by atoms with Crippen molar-refractivity contribution in [1.29, 1.82) is 0 Å². The third kappa shape index (κ3) is 5.96. The van der Waals surface area contributed by atoms with Gasteiger partial charge in [-0.25, -0.2) is 19.7 Å². The van der Waals surface area contributed by atoms with Gasteiger partial charge in [0.05, 0.1) is 47.1 Å². The molecule has 9 heteroatoms. The van der Waals surface area contributed by atoms with Crippen molar-refractivity contribution >= 4 is 17.0 Å². The molecular formula is C36H41N7O2. The highest BCUT2D eigenvalue weighted by atomic mass is 16.6. The van der Waals surface area contributed by atoms with Gasteiger partial charge in [0.1, 0.15) is 17.2 Å².